The zero-order chi connectivity index (χ0) is 12.8. The maximum absolute atomic E-state index is 12.9. The summed E-state index contributed by atoms with van der Waals surface area (Å²) < 4.78 is 50.9. The summed E-state index contributed by atoms with van der Waals surface area (Å²) in [6.07, 6.45) is -1.81. The van der Waals surface area contributed by atoms with E-state index in [9.17, 15) is 17.6 Å². The molecular formula is C12H15F4N. The lowest BCUT2D eigenvalue weighted by atomic mass is 10.1. The van der Waals surface area contributed by atoms with E-state index in [0.717, 1.165) is 18.6 Å². The van der Waals surface area contributed by atoms with Crippen molar-refractivity contribution >= 4 is 0 Å². The Morgan fingerprint density at radius 2 is 1.88 bits per heavy atom. The first kappa shape index (κ1) is 14.0. The fourth-order valence-corrected chi connectivity index (χ4v) is 1.50. The molecule has 96 valence electrons. The zero-order valence-corrected chi connectivity index (χ0v) is 9.52. The van der Waals surface area contributed by atoms with Gasteiger partial charge in [0, 0.05) is 0 Å². The molecule has 0 aliphatic rings. The van der Waals surface area contributed by atoms with Crippen LogP contribution in [-0.4, -0.2) is 19.0 Å². The molecule has 1 aromatic rings. The lowest BCUT2D eigenvalue weighted by molar-refractivity contribution is 0.0982. The third kappa shape index (κ3) is 4.34. The molecule has 5 heteroatoms. The van der Waals surface area contributed by atoms with Crippen LogP contribution in [-0.2, 0) is 6.42 Å². The van der Waals surface area contributed by atoms with Crippen molar-refractivity contribution in [3.8, 4) is 0 Å². The van der Waals surface area contributed by atoms with E-state index in [2.05, 4.69) is 5.32 Å². The van der Waals surface area contributed by atoms with Gasteiger partial charge < -0.3 is 5.32 Å². The van der Waals surface area contributed by atoms with Gasteiger partial charge in [-0.2, -0.15) is 0 Å². The monoisotopic (exact) mass is 249 g/mol. The second-order valence-corrected chi connectivity index (χ2v) is 3.85. The van der Waals surface area contributed by atoms with E-state index in [1.165, 1.54) is 6.07 Å². The molecule has 17 heavy (non-hydrogen) atoms. The fraction of sp³-hybridized carbons (Fsp3) is 0.500. The minimum absolute atomic E-state index is 0.0190. The van der Waals surface area contributed by atoms with Crippen molar-refractivity contribution in [3.05, 3.63) is 35.4 Å². The quantitative estimate of drug-likeness (QED) is 0.764. The third-order valence-electron chi connectivity index (χ3n) is 2.40. The van der Waals surface area contributed by atoms with Crippen LogP contribution in [0.2, 0.25) is 0 Å². The Kier molecular flexibility index (Phi) is 5.41. The minimum atomic E-state index is -2.53. The normalized spacial score (nSPS) is 13.1. The first-order valence-corrected chi connectivity index (χ1v) is 5.50. The molecule has 1 N–H and O–H groups in total. The van der Waals surface area contributed by atoms with Gasteiger partial charge in [-0.15, -0.1) is 0 Å². The molecular weight excluding hydrogens is 234 g/mol. The average molecular weight is 249 g/mol. The first-order valence-electron chi connectivity index (χ1n) is 5.50. The Bertz CT molecular complexity index is 354. The molecule has 0 amide bonds. The van der Waals surface area contributed by atoms with Gasteiger partial charge >= 0.3 is 0 Å². The highest BCUT2D eigenvalue weighted by Gasteiger charge is 2.20. The Balaban J connectivity index is 2.68. The van der Waals surface area contributed by atoms with E-state index in [4.69, 9.17) is 0 Å². The number of halogens is 4. The van der Waals surface area contributed by atoms with Crippen LogP contribution >= 0.6 is 0 Å². The van der Waals surface area contributed by atoms with Crippen LogP contribution in [0.15, 0.2) is 18.2 Å². The van der Waals surface area contributed by atoms with Gasteiger partial charge in [0.15, 0.2) is 11.6 Å². The Labute approximate surface area is 97.8 Å². The number of nitrogens with one attached hydrogen (secondary N) is 1. The predicted molar refractivity (Wildman–Crippen MR) is 58.1 cm³/mol. The third-order valence-corrected chi connectivity index (χ3v) is 2.40. The average Bonchev–Trinajstić information content (AvgIpc) is 2.28. The predicted octanol–water partition coefficient (Wildman–Crippen LogP) is 3.14. The molecule has 0 saturated carbocycles. The number of alkyl halides is 2. The van der Waals surface area contributed by atoms with Crippen molar-refractivity contribution in [2.24, 2.45) is 0 Å². The van der Waals surface area contributed by atoms with E-state index >= 15 is 0 Å². The molecule has 0 aliphatic heterocycles. The van der Waals surface area contributed by atoms with Gasteiger partial charge in [0.1, 0.15) is 0 Å². The Hall–Kier alpha value is -1.10. The number of rotatable bonds is 6. The molecule has 0 saturated heterocycles. The second kappa shape index (κ2) is 6.59. The van der Waals surface area contributed by atoms with Gasteiger partial charge in [0.05, 0.1) is 6.04 Å². The summed E-state index contributed by atoms with van der Waals surface area (Å²) in [6.45, 7) is 2.34. The van der Waals surface area contributed by atoms with Crippen LogP contribution < -0.4 is 5.32 Å². The van der Waals surface area contributed by atoms with E-state index in [1.54, 1.807) is 0 Å². The first-order chi connectivity index (χ1) is 8.04. The molecule has 0 heterocycles. The highest BCUT2D eigenvalue weighted by molar-refractivity contribution is 5.19. The lowest BCUT2D eigenvalue weighted by Crippen LogP contribution is -2.38. The van der Waals surface area contributed by atoms with E-state index < -0.39 is 24.1 Å². The number of hydrogen-bond acceptors (Lipinski definition) is 1. The van der Waals surface area contributed by atoms with Crippen LogP contribution in [0, 0.1) is 11.6 Å². The molecule has 1 atom stereocenters. The van der Waals surface area contributed by atoms with E-state index in [1.807, 2.05) is 6.92 Å². The van der Waals surface area contributed by atoms with Crippen molar-refractivity contribution in [2.75, 3.05) is 6.54 Å². The van der Waals surface area contributed by atoms with Gasteiger partial charge in [-0.1, -0.05) is 13.0 Å². The van der Waals surface area contributed by atoms with Crippen LogP contribution in [0.1, 0.15) is 18.9 Å². The SMILES string of the molecule is CCCNC(Cc1ccc(F)c(F)c1)C(F)F. The Morgan fingerprint density at radius 3 is 2.41 bits per heavy atom. The summed E-state index contributed by atoms with van der Waals surface area (Å²) in [4.78, 5) is 0. The topological polar surface area (TPSA) is 12.0 Å². The second-order valence-electron chi connectivity index (χ2n) is 3.85. The van der Waals surface area contributed by atoms with Crippen LogP contribution in [0.5, 0.6) is 0 Å². The molecule has 1 unspecified atom stereocenters. The molecule has 1 aromatic carbocycles. The standard InChI is InChI=1S/C12H15F4N/c1-2-5-17-11(12(15)16)7-8-3-4-9(13)10(14)6-8/h3-4,6,11-12,17H,2,5,7H2,1H3. The smallest absolute Gasteiger partial charge is 0.254 e. The maximum Gasteiger partial charge on any atom is 0.254 e. The molecule has 0 aliphatic carbocycles. The molecule has 1 rings (SSSR count). The summed E-state index contributed by atoms with van der Waals surface area (Å²) in [7, 11) is 0. The van der Waals surface area contributed by atoms with Crippen molar-refractivity contribution in [2.45, 2.75) is 32.2 Å². The molecule has 0 fully saturated rings. The lowest BCUT2D eigenvalue weighted by Gasteiger charge is -2.17. The van der Waals surface area contributed by atoms with Crippen molar-refractivity contribution in [3.63, 3.8) is 0 Å². The number of hydrogen-bond donors (Lipinski definition) is 1. The molecule has 0 aromatic heterocycles. The summed E-state index contributed by atoms with van der Waals surface area (Å²) in [6, 6.07) is 2.20. The molecule has 0 spiro atoms. The van der Waals surface area contributed by atoms with Gasteiger partial charge in [0.25, 0.3) is 6.43 Å². The van der Waals surface area contributed by atoms with Crippen molar-refractivity contribution < 1.29 is 17.6 Å². The summed E-state index contributed by atoms with van der Waals surface area (Å²) in [5, 5.41) is 2.69. The van der Waals surface area contributed by atoms with Crippen LogP contribution in [0.25, 0.3) is 0 Å². The Morgan fingerprint density at radius 1 is 1.18 bits per heavy atom. The van der Waals surface area contributed by atoms with Gasteiger partial charge in [-0.05, 0) is 37.1 Å². The van der Waals surface area contributed by atoms with Gasteiger partial charge in [-0.3, -0.25) is 0 Å². The number of benzene rings is 1. The van der Waals surface area contributed by atoms with Crippen LogP contribution in [0.3, 0.4) is 0 Å². The van der Waals surface area contributed by atoms with Gasteiger partial charge in [-0.25, -0.2) is 17.6 Å². The zero-order valence-electron chi connectivity index (χ0n) is 9.52. The van der Waals surface area contributed by atoms with E-state index in [0.29, 0.717) is 12.1 Å². The maximum atomic E-state index is 12.9. The van der Waals surface area contributed by atoms with E-state index in [-0.39, 0.29) is 6.42 Å². The minimum Gasteiger partial charge on any atom is -0.309 e. The van der Waals surface area contributed by atoms with Crippen LogP contribution in [0.4, 0.5) is 17.6 Å². The molecule has 0 bridgehead atoms. The summed E-state index contributed by atoms with van der Waals surface area (Å²) in [5.41, 5.74) is 0.359. The largest absolute Gasteiger partial charge is 0.309 e. The summed E-state index contributed by atoms with van der Waals surface area (Å²) in [5.74, 6) is -1.98. The fourth-order valence-electron chi connectivity index (χ4n) is 1.50. The highest BCUT2D eigenvalue weighted by atomic mass is 19.3. The highest BCUT2D eigenvalue weighted by Crippen LogP contribution is 2.13. The van der Waals surface area contributed by atoms with Crippen molar-refractivity contribution in [1.82, 2.24) is 5.32 Å². The van der Waals surface area contributed by atoms with Crippen molar-refractivity contribution in [1.29, 1.82) is 0 Å². The van der Waals surface area contributed by atoms with Gasteiger partial charge in [0.2, 0.25) is 0 Å². The molecule has 1 nitrogen and oxygen atoms in total. The summed E-state index contributed by atoms with van der Waals surface area (Å²) >= 11 is 0. The molecule has 0 radical (unpaired) electrons.